The molecule has 16 heavy (non-hydrogen) atoms. The minimum absolute atomic E-state index is 0.300. The van der Waals surface area contributed by atoms with E-state index in [-0.39, 0.29) is 0 Å². The predicted octanol–water partition coefficient (Wildman–Crippen LogP) is 2.39. The van der Waals surface area contributed by atoms with Gasteiger partial charge in [-0.05, 0) is 24.8 Å². The van der Waals surface area contributed by atoms with Crippen molar-refractivity contribution in [2.24, 2.45) is 11.1 Å². The van der Waals surface area contributed by atoms with Gasteiger partial charge in [-0.3, -0.25) is 4.98 Å². The average molecular weight is 241 g/mol. The molecule has 4 heteroatoms. The van der Waals surface area contributed by atoms with Crippen LogP contribution in [-0.4, -0.2) is 17.6 Å². The van der Waals surface area contributed by atoms with Crippen molar-refractivity contribution in [3.05, 3.63) is 16.6 Å². The SMILES string of the molecule is CC(C)(C)CC(N)CCNCc1cncs1. The Hall–Kier alpha value is -0.450. The smallest absolute Gasteiger partial charge is 0.0794 e. The summed E-state index contributed by atoms with van der Waals surface area (Å²) in [6.45, 7) is 8.59. The summed E-state index contributed by atoms with van der Waals surface area (Å²) < 4.78 is 0. The topological polar surface area (TPSA) is 50.9 Å². The third-order valence-electron chi connectivity index (χ3n) is 2.35. The first-order valence-electron chi connectivity index (χ1n) is 5.81. The van der Waals surface area contributed by atoms with E-state index in [2.05, 4.69) is 31.1 Å². The average Bonchev–Trinajstić information content (AvgIpc) is 2.62. The zero-order valence-corrected chi connectivity index (χ0v) is 11.3. The summed E-state index contributed by atoms with van der Waals surface area (Å²) in [6.07, 6.45) is 4.03. The van der Waals surface area contributed by atoms with Crippen molar-refractivity contribution in [1.29, 1.82) is 0 Å². The van der Waals surface area contributed by atoms with Gasteiger partial charge >= 0.3 is 0 Å². The molecule has 92 valence electrons. The standard InChI is InChI=1S/C12H23N3S/c1-12(2,3)6-10(13)4-5-14-7-11-8-15-9-16-11/h8-10,14H,4-7,13H2,1-3H3. The van der Waals surface area contributed by atoms with Gasteiger partial charge in [0.05, 0.1) is 5.51 Å². The van der Waals surface area contributed by atoms with E-state index in [0.29, 0.717) is 11.5 Å². The summed E-state index contributed by atoms with van der Waals surface area (Å²) in [5.74, 6) is 0. The Bertz CT molecular complexity index is 277. The van der Waals surface area contributed by atoms with Crippen LogP contribution in [0, 0.1) is 5.41 Å². The molecule has 0 radical (unpaired) electrons. The lowest BCUT2D eigenvalue weighted by Crippen LogP contribution is -2.30. The number of hydrogen-bond donors (Lipinski definition) is 2. The Balaban J connectivity index is 2.07. The molecule has 0 aliphatic heterocycles. The molecule has 1 atom stereocenters. The second-order valence-electron chi connectivity index (χ2n) is 5.46. The van der Waals surface area contributed by atoms with E-state index in [1.165, 1.54) is 4.88 Å². The zero-order valence-electron chi connectivity index (χ0n) is 10.5. The second-order valence-corrected chi connectivity index (χ2v) is 6.43. The van der Waals surface area contributed by atoms with E-state index in [1.807, 2.05) is 11.7 Å². The number of rotatable bonds is 6. The third-order valence-corrected chi connectivity index (χ3v) is 3.13. The van der Waals surface area contributed by atoms with Crippen molar-refractivity contribution in [3.8, 4) is 0 Å². The number of nitrogens with one attached hydrogen (secondary N) is 1. The van der Waals surface area contributed by atoms with E-state index < -0.39 is 0 Å². The van der Waals surface area contributed by atoms with E-state index in [9.17, 15) is 0 Å². The molecule has 3 nitrogen and oxygen atoms in total. The van der Waals surface area contributed by atoms with Gasteiger partial charge < -0.3 is 11.1 Å². The van der Waals surface area contributed by atoms with Crippen LogP contribution < -0.4 is 11.1 Å². The number of hydrogen-bond acceptors (Lipinski definition) is 4. The van der Waals surface area contributed by atoms with Crippen molar-refractivity contribution in [2.75, 3.05) is 6.54 Å². The minimum atomic E-state index is 0.300. The van der Waals surface area contributed by atoms with Crippen LogP contribution in [-0.2, 0) is 6.54 Å². The minimum Gasteiger partial charge on any atom is -0.328 e. The van der Waals surface area contributed by atoms with Crippen LogP contribution in [0.1, 0.15) is 38.5 Å². The largest absolute Gasteiger partial charge is 0.328 e. The number of nitrogens with two attached hydrogens (primary N) is 1. The Morgan fingerprint density at radius 1 is 1.50 bits per heavy atom. The first-order chi connectivity index (χ1) is 7.47. The fraction of sp³-hybridized carbons (Fsp3) is 0.750. The molecule has 0 amide bonds. The van der Waals surface area contributed by atoms with Crippen LogP contribution in [0.25, 0.3) is 0 Å². The highest BCUT2D eigenvalue weighted by atomic mass is 32.1. The molecule has 1 unspecified atom stereocenters. The van der Waals surface area contributed by atoms with Crippen LogP contribution in [0.2, 0.25) is 0 Å². The van der Waals surface area contributed by atoms with E-state index in [4.69, 9.17) is 5.73 Å². The van der Waals surface area contributed by atoms with E-state index >= 15 is 0 Å². The van der Waals surface area contributed by atoms with Crippen molar-refractivity contribution in [3.63, 3.8) is 0 Å². The lowest BCUT2D eigenvalue weighted by molar-refractivity contribution is 0.329. The molecular weight excluding hydrogens is 218 g/mol. The molecule has 0 aliphatic rings. The first-order valence-corrected chi connectivity index (χ1v) is 6.69. The monoisotopic (exact) mass is 241 g/mol. The number of nitrogens with zero attached hydrogens (tertiary/aromatic N) is 1. The van der Waals surface area contributed by atoms with E-state index in [1.54, 1.807) is 11.3 Å². The van der Waals surface area contributed by atoms with Gasteiger partial charge in [0.1, 0.15) is 0 Å². The molecule has 1 rings (SSSR count). The normalized spacial score (nSPS) is 14.0. The summed E-state index contributed by atoms with van der Waals surface area (Å²) in [4.78, 5) is 5.32. The molecule has 0 aromatic carbocycles. The first kappa shape index (κ1) is 13.6. The van der Waals surface area contributed by atoms with Gasteiger partial charge in [-0.1, -0.05) is 20.8 Å². The highest BCUT2D eigenvalue weighted by Crippen LogP contribution is 2.20. The van der Waals surface area contributed by atoms with Crippen molar-refractivity contribution >= 4 is 11.3 Å². The quantitative estimate of drug-likeness (QED) is 0.752. The number of thiazole rings is 1. The third kappa shape index (κ3) is 6.20. The lowest BCUT2D eigenvalue weighted by atomic mass is 9.87. The molecule has 0 saturated heterocycles. The van der Waals surface area contributed by atoms with Gasteiger partial charge in [0.2, 0.25) is 0 Å². The molecule has 0 saturated carbocycles. The molecule has 0 spiro atoms. The van der Waals surface area contributed by atoms with Crippen LogP contribution >= 0.6 is 11.3 Å². The second kappa shape index (κ2) is 6.33. The van der Waals surface area contributed by atoms with Gasteiger partial charge in [-0.15, -0.1) is 11.3 Å². The molecule has 3 N–H and O–H groups in total. The summed E-state index contributed by atoms with van der Waals surface area (Å²) in [5.41, 5.74) is 8.26. The van der Waals surface area contributed by atoms with Crippen molar-refractivity contribution in [1.82, 2.24) is 10.3 Å². The van der Waals surface area contributed by atoms with Gasteiger partial charge in [-0.2, -0.15) is 0 Å². The van der Waals surface area contributed by atoms with Gasteiger partial charge in [0.15, 0.2) is 0 Å². The van der Waals surface area contributed by atoms with Gasteiger partial charge in [0.25, 0.3) is 0 Å². The Labute approximate surface area is 102 Å². The molecule has 1 aromatic heterocycles. The van der Waals surface area contributed by atoms with Crippen molar-refractivity contribution < 1.29 is 0 Å². The van der Waals surface area contributed by atoms with Crippen molar-refractivity contribution in [2.45, 2.75) is 46.2 Å². The zero-order chi connectivity index (χ0) is 12.0. The molecule has 1 heterocycles. The summed E-state index contributed by atoms with van der Waals surface area (Å²) in [7, 11) is 0. The summed E-state index contributed by atoms with van der Waals surface area (Å²) in [5, 5.41) is 3.39. The maximum atomic E-state index is 6.07. The van der Waals surface area contributed by atoms with Crippen LogP contribution in [0.15, 0.2) is 11.7 Å². The Morgan fingerprint density at radius 3 is 2.81 bits per heavy atom. The Kier molecular flexibility index (Phi) is 5.38. The highest BCUT2D eigenvalue weighted by Gasteiger charge is 2.14. The van der Waals surface area contributed by atoms with Gasteiger partial charge in [0, 0.05) is 23.7 Å². The lowest BCUT2D eigenvalue weighted by Gasteiger charge is -2.23. The molecular formula is C12H23N3S. The van der Waals surface area contributed by atoms with Crippen LogP contribution in [0.3, 0.4) is 0 Å². The fourth-order valence-electron chi connectivity index (χ4n) is 1.72. The van der Waals surface area contributed by atoms with Gasteiger partial charge in [-0.25, -0.2) is 0 Å². The molecule has 0 bridgehead atoms. The fourth-order valence-corrected chi connectivity index (χ4v) is 2.28. The maximum absolute atomic E-state index is 6.07. The molecule has 1 aromatic rings. The summed E-state index contributed by atoms with van der Waals surface area (Å²) in [6, 6.07) is 0.300. The highest BCUT2D eigenvalue weighted by molar-refractivity contribution is 7.09. The van der Waals surface area contributed by atoms with E-state index in [0.717, 1.165) is 25.9 Å². The summed E-state index contributed by atoms with van der Waals surface area (Å²) >= 11 is 1.69. The number of aromatic nitrogens is 1. The Morgan fingerprint density at radius 2 is 2.25 bits per heavy atom. The molecule has 0 aliphatic carbocycles. The predicted molar refractivity (Wildman–Crippen MR) is 70.5 cm³/mol. The maximum Gasteiger partial charge on any atom is 0.0794 e. The van der Waals surface area contributed by atoms with Crippen LogP contribution in [0.4, 0.5) is 0 Å². The van der Waals surface area contributed by atoms with Crippen LogP contribution in [0.5, 0.6) is 0 Å². The molecule has 0 fully saturated rings.